The fourth-order valence-electron chi connectivity index (χ4n) is 0.999. The molecular weight excluding hydrogens is 204 g/mol. The Morgan fingerprint density at radius 3 is 2.92 bits per heavy atom. The fraction of sp³-hybridized carbons (Fsp3) is 0. The summed E-state index contributed by atoms with van der Waals surface area (Å²) in [5.41, 5.74) is 0.974. The second kappa shape index (κ2) is 3.35. The number of amides is 1. The fourth-order valence-corrected chi connectivity index (χ4v) is 2.04. The molecule has 0 atom stereocenters. The molecule has 0 unspecified atom stereocenters. The van der Waals surface area contributed by atoms with Crippen LogP contribution in [0.25, 0.3) is 6.08 Å². The van der Waals surface area contributed by atoms with Gasteiger partial charge < -0.3 is 10.3 Å². The van der Waals surface area contributed by atoms with E-state index in [4.69, 9.17) is 12.2 Å². The molecular formula is C8H6N2OS2. The zero-order valence-electron chi connectivity index (χ0n) is 6.53. The highest BCUT2D eigenvalue weighted by Gasteiger charge is 2.21. The molecule has 1 aromatic heterocycles. The second-order valence-electron chi connectivity index (χ2n) is 2.50. The number of aromatic nitrogens is 1. The molecule has 3 nitrogen and oxygen atoms in total. The van der Waals surface area contributed by atoms with Crippen molar-refractivity contribution >= 4 is 40.3 Å². The van der Waals surface area contributed by atoms with Crippen LogP contribution in [0.4, 0.5) is 0 Å². The van der Waals surface area contributed by atoms with Crippen LogP contribution in [-0.4, -0.2) is 15.2 Å². The zero-order chi connectivity index (χ0) is 9.26. The molecule has 1 aliphatic rings. The highest BCUT2D eigenvalue weighted by atomic mass is 32.2. The molecule has 0 aromatic carbocycles. The molecule has 2 heterocycles. The minimum atomic E-state index is -0.115. The predicted molar refractivity (Wildman–Crippen MR) is 57.1 cm³/mol. The molecule has 0 spiro atoms. The maximum absolute atomic E-state index is 11.2. The average molecular weight is 210 g/mol. The van der Waals surface area contributed by atoms with Crippen LogP contribution >= 0.6 is 24.0 Å². The quantitative estimate of drug-likeness (QED) is 0.545. The van der Waals surface area contributed by atoms with E-state index in [1.54, 1.807) is 6.08 Å². The van der Waals surface area contributed by atoms with Gasteiger partial charge in [-0.15, -0.1) is 0 Å². The lowest BCUT2D eigenvalue weighted by molar-refractivity contribution is -0.115. The van der Waals surface area contributed by atoms with Gasteiger partial charge in [0, 0.05) is 12.4 Å². The summed E-state index contributed by atoms with van der Waals surface area (Å²) in [5.74, 6) is -0.115. The second-order valence-corrected chi connectivity index (χ2v) is 4.22. The van der Waals surface area contributed by atoms with Crippen molar-refractivity contribution in [3.63, 3.8) is 0 Å². The molecule has 1 aliphatic heterocycles. The Morgan fingerprint density at radius 1 is 1.54 bits per heavy atom. The van der Waals surface area contributed by atoms with E-state index in [2.05, 4.69) is 10.3 Å². The summed E-state index contributed by atoms with van der Waals surface area (Å²) < 4.78 is 0.520. The van der Waals surface area contributed by atoms with Crippen molar-refractivity contribution in [1.29, 1.82) is 0 Å². The normalized spacial score (nSPS) is 19.5. The van der Waals surface area contributed by atoms with E-state index in [0.717, 1.165) is 5.56 Å². The van der Waals surface area contributed by atoms with Gasteiger partial charge in [-0.3, -0.25) is 4.79 Å². The van der Waals surface area contributed by atoms with Crippen molar-refractivity contribution in [1.82, 2.24) is 10.3 Å². The number of thiocarbonyl (C=S) groups is 1. The van der Waals surface area contributed by atoms with Gasteiger partial charge in [0.05, 0.1) is 4.91 Å². The van der Waals surface area contributed by atoms with Gasteiger partial charge in [-0.2, -0.15) is 0 Å². The molecule has 0 bridgehead atoms. The summed E-state index contributed by atoms with van der Waals surface area (Å²) in [6.45, 7) is 0. The van der Waals surface area contributed by atoms with E-state index in [1.165, 1.54) is 11.8 Å². The molecule has 1 saturated heterocycles. The summed E-state index contributed by atoms with van der Waals surface area (Å²) in [4.78, 5) is 14.8. The molecule has 1 aromatic rings. The first kappa shape index (κ1) is 8.52. The molecule has 0 saturated carbocycles. The van der Waals surface area contributed by atoms with Gasteiger partial charge in [-0.05, 0) is 17.7 Å². The molecule has 66 valence electrons. The summed E-state index contributed by atoms with van der Waals surface area (Å²) >= 11 is 6.14. The van der Waals surface area contributed by atoms with Crippen molar-refractivity contribution in [3.8, 4) is 0 Å². The Labute approximate surface area is 84.6 Å². The average Bonchev–Trinajstić information content (AvgIpc) is 2.63. The van der Waals surface area contributed by atoms with Crippen molar-refractivity contribution in [2.24, 2.45) is 0 Å². The van der Waals surface area contributed by atoms with E-state index in [1.807, 2.05) is 18.5 Å². The molecule has 13 heavy (non-hydrogen) atoms. The van der Waals surface area contributed by atoms with E-state index < -0.39 is 0 Å². The maximum Gasteiger partial charge on any atom is 0.263 e. The van der Waals surface area contributed by atoms with Crippen molar-refractivity contribution in [2.75, 3.05) is 0 Å². The Balaban J connectivity index is 2.27. The number of hydrogen-bond acceptors (Lipinski definition) is 3. The molecule has 2 rings (SSSR count). The zero-order valence-corrected chi connectivity index (χ0v) is 8.17. The van der Waals surface area contributed by atoms with Gasteiger partial charge in [0.2, 0.25) is 0 Å². The number of aromatic amines is 1. The van der Waals surface area contributed by atoms with E-state index in [0.29, 0.717) is 9.23 Å². The molecule has 2 N–H and O–H groups in total. The summed E-state index contributed by atoms with van der Waals surface area (Å²) in [6.07, 6.45) is 5.43. The van der Waals surface area contributed by atoms with E-state index in [-0.39, 0.29) is 5.91 Å². The van der Waals surface area contributed by atoms with E-state index >= 15 is 0 Å². The topological polar surface area (TPSA) is 44.9 Å². The number of rotatable bonds is 1. The van der Waals surface area contributed by atoms with Gasteiger partial charge >= 0.3 is 0 Å². The largest absolute Gasteiger partial charge is 0.367 e. The standard InChI is InChI=1S/C8H6N2OS2/c11-7-6(13-8(12)10-7)3-5-1-2-9-4-5/h1-4,9H,(H,10,11,12). The van der Waals surface area contributed by atoms with Crippen LogP contribution in [0.1, 0.15) is 5.56 Å². The number of carbonyl (C=O) groups excluding carboxylic acids is 1. The lowest BCUT2D eigenvalue weighted by atomic mass is 10.3. The predicted octanol–water partition coefficient (Wildman–Crippen LogP) is 1.50. The van der Waals surface area contributed by atoms with Gasteiger partial charge in [-0.25, -0.2) is 0 Å². The molecule has 0 radical (unpaired) electrons. The first-order valence-corrected chi connectivity index (χ1v) is 4.86. The van der Waals surface area contributed by atoms with Crippen molar-refractivity contribution in [2.45, 2.75) is 0 Å². The third kappa shape index (κ3) is 1.81. The van der Waals surface area contributed by atoms with Crippen LogP contribution in [0.5, 0.6) is 0 Å². The van der Waals surface area contributed by atoms with Crippen LogP contribution in [0.15, 0.2) is 23.4 Å². The minimum absolute atomic E-state index is 0.115. The first-order valence-electron chi connectivity index (χ1n) is 3.63. The van der Waals surface area contributed by atoms with Gasteiger partial charge in [0.1, 0.15) is 4.32 Å². The number of nitrogens with one attached hydrogen (secondary N) is 2. The Morgan fingerprint density at radius 2 is 2.38 bits per heavy atom. The molecule has 5 heteroatoms. The molecule has 1 fully saturated rings. The van der Waals surface area contributed by atoms with Crippen molar-refractivity contribution in [3.05, 3.63) is 28.9 Å². The Hall–Kier alpha value is -1.07. The highest BCUT2D eigenvalue weighted by Crippen LogP contribution is 2.25. The van der Waals surface area contributed by atoms with Crippen LogP contribution < -0.4 is 5.32 Å². The lowest BCUT2D eigenvalue weighted by Crippen LogP contribution is -2.17. The summed E-state index contributed by atoms with van der Waals surface area (Å²) in [7, 11) is 0. The maximum atomic E-state index is 11.2. The highest BCUT2D eigenvalue weighted by molar-refractivity contribution is 8.26. The summed E-state index contributed by atoms with van der Waals surface area (Å²) in [5, 5.41) is 2.56. The number of thioether (sulfide) groups is 1. The lowest BCUT2D eigenvalue weighted by Gasteiger charge is -1.88. The summed E-state index contributed by atoms with van der Waals surface area (Å²) in [6, 6.07) is 1.89. The molecule has 1 amide bonds. The number of carbonyl (C=O) groups is 1. The van der Waals surface area contributed by atoms with Gasteiger partial charge in [0.25, 0.3) is 5.91 Å². The minimum Gasteiger partial charge on any atom is -0.367 e. The number of H-pyrrole nitrogens is 1. The Kier molecular flexibility index (Phi) is 2.20. The van der Waals surface area contributed by atoms with Crippen LogP contribution in [0, 0.1) is 0 Å². The third-order valence-electron chi connectivity index (χ3n) is 1.56. The number of hydrogen-bond donors (Lipinski definition) is 2. The Bertz CT molecular complexity index is 381. The van der Waals surface area contributed by atoms with Crippen LogP contribution in [0.3, 0.4) is 0 Å². The van der Waals surface area contributed by atoms with Crippen LogP contribution in [0.2, 0.25) is 0 Å². The van der Waals surface area contributed by atoms with Crippen LogP contribution in [-0.2, 0) is 4.79 Å². The smallest absolute Gasteiger partial charge is 0.263 e. The SMILES string of the molecule is O=C1NC(=S)SC1=Cc1cc[nH]c1. The van der Waals surface area contributed by atoms with Crippen molar-refractivity contribution < 1.29 is 4.79 Å². The third-order valence-corrected chi connectivity index (χ3v) is 2.72. The molecule has 0 aliphatic carbocycles. The van der Waals surface area contributed by atoms with E-state index in [9.17, 15) is 4.79 Å². The monoisotopic (exact) mass is 210 g/mol. The van der Waals surface area contributed by atoms with Gasteiger partial charge in [-0.1, -0.05) is 24.0 Å². The first-order chi connectivity index (χ1) is 6.25. The van der Waals surface area contributed by atoms with Gasteiger partial charge in [0.15, 0.2) is 0 Å².